The third-order valence-corrected chi connectivity index (χ3v) is 6.08. The van der Waals surface area contributed by atoms with Crippen LogP contribution >= 0.6 is 15.9 Å². The maximum atomic E-state index is 5.79. The molecular formula is C16H22BrNO. The van der Waals surface area contributed by atoms with Crippen molar-refractivity contribution < 1.29 is 4.42 Å². The van der Waals surface area contributed by atoms with E-state index in [1.165, 1.54) is 38.5 Å². The zero-order chi connectivity index (χ0) is 12.9. The molecule has 2 nitrogen and oxygen atoms in total. The first-order valence-electron chi connectivity index (χ1n) is 7.63. The number of halogens is 1. The van der Waals surface area contributed by atoms with E-state index >= 15 is 0 Å². The molecule has 4 aliphatic carbocycles. The first-order valence-corrected chi connectivity index (χ1v) is 8.75. The number of furan rings is 1. The van der Waals surface area contributed by atoms with E-state index < -0.39 is 0 Å². The lowest BCUT2D eigenvalue weighted by Crippen LogP contribution is -2.58. The highest BCUT2D eigenvalue weighted by Crippen LogP contribution is 2.55. The lowest BCUT2D eigenvalue weighted by atomic mass is 9.53. The summed E-state index contributed by atoms with van der Waals surface area (Å²) in [5.74, 6) is 5.14. The van der Waals surface area contributed by atoms with Gasteiger partial charge in [0.2, 0.25) is 0 Å². The van der Waals surface area contributed by atoms with Crippen LogP contribution in [0.3, 0.4) is 0 Å². The van der Waals surface area contributed by atoms with Crippen molar-refractivity contribution in [2.75, 3.05) is 0 Å². The fourth-order valence-corrected chi connectivity index (χ4v) is 5.49. The third kappa shape index (κ3) is 2.29. The van der Waals surface area contributed by atoms with Crippen LogP contribution in [-0.2, 0) is 11.9 Å². The van der Waals surface area contributed by atoms with Gasteiger partial charge in [0.15, 0.2) is 0 Å². The zero-order valence-corrected chi connectivity index (χ0v) is 12.9. The van der Waals surface area contributed by atoms with Crippen molar-refractivity contribution >= 4 is 15.9 Å². The molecule has 0 atom stereocenters. The summed E-state index contributed by atoms with van der Waals surface area (Å²) in [7, 11) is 0. The topological polar surface area (TPSA) is 25.2 Å². The highest BCUT2D eigenvalue weighted by atomic mass is 79.9. The molecule has 4 saturated carbocycles. The van der Waals surface area contributed by atoms with Crippen LogP contribution in [0.2, 0.25) is 0 Å². The molecule has 0 saturated heterocycles. The first-order chi connectivity index (χ1) is 9.25. The summed E-state index contributed by atoms with van der Waals surface area (Å²) in [6.45, 7) is 0.902. The van der Waals surface area contributed by atoms with E-state index in [1.54, 1.807) is 0 Å². The normalized spacial score (nSPS) is 39.9. The predicted octanol–water partition coefficient (Wildman–Crippen LogP) is 4.23. The molecular weight excluding hydrogens is 302 g/mol. The second-order valence-electron chi connectivity index (χ2n) is 7.05. The van der Waals surface area contributed by atoms with Gasteiger partial charge in [-0.2, -0.15) is 0 Å². The molecule has 4 bridgehead atoms. The molecule has 1 aromatic heterocycles. The summed E-state index contributed by atoms with van der Waals surface area (Å²) in [6.07, 6.45) is 8.75. The van der Waals surface area contributed by atoms with E-state index in [0.717, 1.165) is 41.1 Å². The van der Waals surface area contributed by atoms with Crippen molar-refractivity contribution in [3.63, 3.8) is 0 Å². The van der Waals surface area contributed by atoms with E-state index in [0.29, 0.717) is 5.54 Å². The van der Waals surface area contributed by atoms with Crippen molar-refractivity contribution in [2.45, 2.75) is 55.9 Å². The van der Waals surface area contributed by atoms with E-state index in [9.17, 15) is 0 Å². The van der Waals surface area contributed by atoms with Crippen LogP contribution in [0.4, 0.5) is 0 Å². The molecule has 0 amide bonds. The predicted molar refractivity (Wildman–Crippen MR) is 79.1 cm³/mol. The summed E-state index contributed by atoms with van der Waals surface area (Å²) in [4.78, 5) is 0. The van der Waals surface area contributed by atoms with E-state index in [2.05, 4.69) is 33.4 Å². The second kappa shape index (κ2) is 4.63. The Labute approximate surface area is 123 Å². The summed E-state index contributed by atoms with van der Waals surface area (Å²) in [5.41, 5.74) is 0.441. The number of alkyl halides is 1. The molecule has 1 N–H and O–H groups in total. The Kier molecular flexibility index (Phi) is 3.03. The molecule has 4 aliphatic rings. The Bertz CT molecular complexity index is 432. The van der Waals surface area contributed by atoms with Crippen molar-refractivity contribution in [3.05, 3.63) is 23.7 Å². The van der Waals surface area contributed by atoms with Gasteiger partial charge in [0, 0.05) is 5.54 Å². The quantitative estimate of drug-likeness (QED) is 0.839. The van der Waals surface area contributed by atoms with Gasteiger partial charge in [0.1, 0.15) is 11.5 Å². The van der Waals surface area contributed by atoms with Gasteiger partial charge in [-0.05, 0) is 68.4 Å². The summed E-state index contributed by atoms with van der Waals surface area (Å²) in [5, 5.41) is 4.68. The van der Waals surface area contributed by atoms with E-state index in [-0.39, 0.29) is 0 Å². The molecule has 1 heterocycles. The first kappa shape index (κ1) is 12.5. The lowest BCUT2D eigenvalue weighted by molar-refractivity contribution is -0.0213. The molecule has 19 heavy (non-hydrogen) atoms. The fourth-order valence-electron chi connectivity index (χ4n) is 5.19. The van der Waals surface area contributed by atoms with Gasteiger partial charge >= 0.3 is 0 Å². The SMILES string of the molecule is BrCc1ccc(CNC23CC4CC(CC(C4)C2)C3)o1. The number of rotatable bonds is 4. The number of hydrogen-bond acceptors (Lipinski definition) is 2. The lowest BCUT2D eigenvalue weighted by Gasteiger charge is -2.57. The average molecular weight is 324 g/mol. The molecule has 3 heteroatoms. The Morgan fingerprint density at radius 2 is 1.63 bits per heavy atom. The highest BCUT2D eigenvalue weighted by Gasteiger charge is 2.50. The maximum absolute atomic E-state index is 5.79. The molecule has 0 aromatic carbocycles. The number of nitrogens with one attached hydrogen (secondary N) is 1. The van der Waals surface area contributed by atoms with Gasteiger partial charge in [-0.1, -0.05) is 15.9 Å². The smallest absolute Gasteiger partial charge is 0.118 e. The average Bonchev–Trinajstić information content (AvgIpc) is 2.83. The van der Waals surface area contributed by atoms with Crippen LogP contribution in [0.15, 0.2) is 16.5 Å². The van der Waals surface area contributed by atoms with Crippen LogP contribution in [0.1, 0.15) is 50.0 Å². The van der Waals surface area contributed by atoms with Crippen LogP contribution in [0.5, 0.6) is 0 Å². The molecule has 5 rings (SSSR count). The summed E-state index contributed by atoms with van der Waals surface area (Å²) >= 11 is 3.44. The van der Waals surface area contributed by atoms with Crippen molar-refractivity contribution in [3.8, 4) is 0 Å². The minimum Gasteiger partial charge on any atom is -0.464 e. The van der Waals surface area contributed by atoms with Gasteiger partial charge in [0.25, 0.3) is 0 Å². The van der Waals surface area contributed by atoms with Gasteiger partial charge in [-0.15, -0.1) is 0 Å². The summed E-state index contributed by atoms with van der Waals surface area (Å²) in [6, 6.07) is 4.19. The Balaban J connectivity index is 1.44. The van der Waals surface area contributed by atoms with Gasteiger partial charge in [-0.3, -0.25) is 0 Å². The molecule has 0 aliphatic heterocycles. The van der Waals surface area contributed by atoms with E-state index in [1.807, 2.05) is 0 Å². The maximum Gasteiger partial charge on any atom is 0.118 e. The fraction of sp³-hybridized carbons (Fsp3) is 0.750. The minimum absolute atomic E-state index is 0.441. The van der Waals surface area contributed by atoms with E-state index in [4.69, 9.17) is 4.42 Å². The zero-order valence-electron chi connectivity index (χ0n) is 11.3. The third-order valence-electron chi connectivity index (χ3n) is 5.52. The van der Waals surface area contributed by atoms with Gasteiger partial charge < -0.3 is 9.73 Å². The standard InChI is InChI=1S/C16H22BrNO/c17-9-14-1-2-15(19-14)10-18-16-6-11-3-12(7-16)5-13(4-11)8-16/h1-2,11-13,18H,3-10H2. The van der Waals surface area contributed by atoms with Crippen LogP contribution in [-0.4, -0.2) is 5.54 Å². The Morgan fingerprint density at radius 3 is 2.16 bits per heavy atom. The largest absolute Gasteiger partial charge is 0.464 e. The van der Waals surface area contributed by atoms with Gasteiger partial charge in [-0.25, -0.2) is 0 Å². The molecule has 104 valence electrons. The van der Waals surface area contributed by atoms with Crippen molar-refractivity contribution in [1.29, 1.82) is 0 Å². The monoisotopic (exact) mass is 323 g/mol. The molecule has 1 aromatic rings. The molecule has 0 radical (unpaired) electrons. The Hall–Kier alpha value is -0.280. The minimum atomic E-state index is 0.441. The van der Waals surface area contributed by atoms with Crippen molar-refractivity contribution in [2.24, 2.45) is 17.8 Å². The molecule has 0 spiro atoms. The highest BCUT2D eigenvalue weighted by molar-refractivity contribution is 9.08. The van der Waals surface area contributed by atoms with Crippen LogP contribution < -0.4 is 5.32 Å². The van der Waals surface area contributed by atoms with Gasteiger partial charge in [0.05, 0.1) is 11.9 Å². The van der Waals surface area contributed by atoms with Crippen LogP contribution in [0.25, 0.3) is 0 Å². The number of hydrogen-bond donors (Lipinski definition) is 1. The van der Waals surface area contributed by atoms with Crippen LogP contribution in [0, 0.1) is 17.8 Å². The second-order valence-corrected chi connectivity index (χ2v) is 7.61. The Morgan fingerprint density at radius 1 is 1.05 bits per heavy atom. The van der Waals surface area contributed by atoms with Crippen molar-refractivity contribution in [1.82, 2.24) is 5.32 Å². The molecule has 4 fully saturated rings. The summed E-state index contributed by atoms with van der Waals surface area (Å²) < 4.78 is 5.79. The molecule has 0 unspecified atom stereocenters.